The highest BCUT2D eigenvalue weighted by molar-refractivity contribution is 6.33. The lowest BCUT2D eigenvalue weighted by molar-refractivity contribution is 0.0450. The number of esters is 1. The first-order chi connectivity index (χ1) is 10.1. The van der Waals surface area contributed by atoms with Crippen LogP contribution >= 0.6 is 23.2 Å². The quantitative estimate of drug-likeness (QED) is 0.516. The average molecular weight is 326 g/mol. The maximum atomic E-state index is 11.8. The van der Waals surface area contributed by atoms with Crippen molar-refractivity contribution < 1.29 is 14.3 Å². The molecule has 2 aromatic rings. The number of hydrogen-bond donors (Lipinski definition) is 1. The maximum Gasteiger partial charge on any atom is 0.338 e. The fraction of sp³-hybridized carbons (Fsp3) is 0.133. The van der Waals surface area contributed by atoms with Crippen molar-refractivity contribution in [1.82, 2.24) is 0 Å². The third-order valence-electron chi connectivity index (χ3n) is 2.64. The summed E-state index contributed by atoms with van der Waals surface area (Å²) in [6, 6.07) is 11.6. The molecule has 0 unspecified atom stereocenters. The third kappa shape index (κ3) is 4.28. The SMILES string of the molecule is Nc1cc(C(=O)OCCOc2ccccc2Cl)ccc1Cl. The fourth-order valence-corrected chi connectivity index (χ4v) is 1.91. The molecule has 0 saturated heterocycles. The van der Waals surface area contributed by atoms with E-state index in [1.54, 1.807) is 30.3 Å². The number of rotatable bonds is 5. The monoisotopic (exact) mass is 325 g/mol. The van der Waals surface area contributed by atoms with E-state index in [9.17, 15) is 4.79 Å². The highest BCUT2D eigenvalue weighted by atomic mass is 35.5. The van der Waals surface area contributed by atoms with E-state index in [2.05, 4.69) is 0 Å². The van der Waals surface area contributed by atoms with Gasteiger partial charge >= 0.3 is 5.97 Å². The minimum absolute atomic E-state index is 0.104. The lowest BCUT2D eigenvalue weighted by atomic mass is 10.2. The summed E-state index contributed by atoms with van der Waals surface area (Å²) in [6.45, 7) is 0.311. The minimum Gasteiger partial charge on any atom is -0.488 e. The van der Waals surface area contributed by atoms with Gasteiger partial charge in [0.15, 0.2) is 0 Å². The Labute approximate surface area is 132 Å². The average Bonchev–Trinajstić information content (AvgIpc) is 2.48. The predicted molar refractivity (Wildman–Crippen MR) is 83.1 cm³/mol. The predicted octanol–water partition coefficient (Wildman–Crippen LogP) is 3.81. The van der Waals surface area contributed by atoms with E-state index in [1.807, 2.05) is 6.07 Å². The zero-order valence-electron chi connectivity index (χ0n) is 11.0. The fourth-order valence-electron chi connectivity index (χ4n) is 1.60. The normalized spacial score (nSPS) is 10.2. The van der Waals surface area contributed by atoms with Crippen molar-refractivity contribution in [2.24, 2.45) is 0 Å². The van der Waals surface area contributed by atoms with Crippen molar-refractivity contribution in [2.75, 3.05) is 18.9 Å². The van der Waals surface area contributed by atoms with Crippen LogP contribution in [0.25, 0.3) is 0 Å². The van der Waals surface area contributed by atoms with Gasteiger partial charge in [-0.2, -0.15) is 0 Å². The first-order valence-corrected chi connectivity index (χ1v) is 6.93. The molecular formula is C15H13Cl2NO3. The number of halogens is 2. The number of nitrogens with two attached hydrogens (primary N) is 1. The molecule has 0 saturated carbocycles. The molecule has 0 amide bonds. The van der Waals surface area contributed by atoms with Gasteiger partial charge in [0.1, 0.15) is 19.0 Å². The van der Waals surface area contributed by atoms with Crippen LogP contribution in [0.3, 0.4) is 0 Å². The number of hydrogen-bond acceptors (Lipinski definition) is 4. The molecule has 4 nitrogen and oxygen atoms in total. The highest BCUT2D eigenvalue weighted by Crippen LogP contribution is 2.23. The molecular weight excluding hydrogens is 313 g/mol. The molecule has 0 atom stereocenters. The van der Waals surface area contributed by atoms with Gasteiger partial charge in [-0.1, -0.05) is 35.3 Å². The lowest BCUT2D eigenvalue weighted by Gasteiger charge is -2.09. The summed E-state index contributed by atoms with van der Waals surface area (Å²) in [5.41, 5.74) is 6.30. The Morgan fingerprint density at radius 1 is 1.05 bits per heavy atom. The van der Waals surface area contributed by atoms with Crippen LogP contribution in [0.4, 0.5) is 5.69 Å². The van der Waals surface area contributed by atoms with Gasteiger partial charge in [0.2, 0.25) is 0 Å². The zero-order chi connectivity index (χ0) is 15.2. The number of carbonyl (C=O) groups is 1. The molecule has 0 heterocycles. The largest absolute Gasteiger partial charge is 0.488 e. The smallest absolute Gasteiger partial charge is 0.338 e. The highest BCUT2D eigenvalue weighted by Gasteiger charge is 2.09. The standard InChI is InChI=1S/C15H13Cl2NO3/c16-11-6-5-10(9-13(11)18)15(19)21-8-7-20-14-4-2-1-3-12(14)17/h1-6,9H,7-8,18H2. The summed E-state index contributed by atoms with van der Waals surface area (Å²) >= 11 is 11.7. The molecule has 0 aliphatic rings. The summed E-state index contributed by atoms with van der Waals surface area (Å²) < 4.78 is 10.5. The molecule has 110 valence electrons. The molecule has 2 N–H and O–H groups in total. The number of anilines is 1. The van der Waals surface area contributed by atoms with Crippen LogP contribution in [0.15, 0.2) is 42.5 Å². The van der Waals surface area contributed by atoms with E-state index in [1.165, 1.54) is 6.07 Å². The maximum absolute atomic E-state index is 11.8. The van der Waals surface area contributed by atoms with E-state index in [-0.39, 0.29) is 13.2 Å². The van der Waals surface area contributed by atoms with Gasteiger partial charge < -0.3 is 15.2 Å². The van der Waals surface area contributed by atoms with Gasteiger partial charge in [-0.05, 0) is 30.3 Å². The van der Waals surface area contributed by atoms with Gasteiger partial charge in [-0.3, -0.25) is 0 Å². The lowest BCUT2D eigenvalue weighted by Crippen LogP contribution is -2.12. The van der Waals surface area contributed by atoms with Crippen molar-refractivity contribution in [1.29, 1.82) is 0 Å². The Kier molecular flexibility index (Phi) is 5.31. The summed E-state index contributed by atoms with van der Waals surface area (Å²) in [7, 11) is 0. The van der Waals surface area contributed by atoms with Gasteiger partial charge in [0, 0.05) is 0 Å². The second kappa shape index (κ2) is 7.20. The van der Waals surface area contributed by atoms with Gasteiger partial charge in [-0.15, -0.1) is 0 Å². The van der Waals surface area contributed by atoms with E-state index in [0.29, 0.717) is 27.0 Å². The Morgan fingerprint density at radius 3 is 2.52 bits per heavy atom. The van der Waals surface area contributed by atoms with E-state index >= 15 is 0 Å². The minimum atomic E-state index is -0.485. The molecule has 2 rings (SSSR count). The van der Waals surface area contributed by atoms with Gasteiger partial charge in [0.25, 0.3) is 0 Å². The second-order valence-corrected chi connectivity index (χ2v) is 4.97. The zero-order valence-corrected chi connectivity index (χ0v) is 12.5. The van der Waals surface area contributed by atoms with Crippen LogP contribution in [-0.4, -0.2) is 19.2 Å². The first-order valence-electron chi connectivity index (χ1n) is 6.17. The van der Waals surface area contributed by atoms with Crippen LogP contribution in [0.1, 0.15) is 10.4 Å². The third-order valence-corrected chi connectivity index (χ3v) is 3.30. The van der Waals surface area contributed by atoms with E-state index < -0.39 is 5.97 Å². The summed E-state index contributed by atoms with van der Waals surface area (Å²) in [5, 5.41) is 0.905. The van der Waals surface area contributed by atoms with Crippen molar-refractivity contribution in [3.05, 3.63) is 58.1 Å². The van der Waals surface area contributed by atoms with Crippen LogP contribution < -0.4 is 10.5 Å². The summed E-state index contributed by atoms with van der Waals surface area (Å²) in [6.07, 6.45) is 0. The number of carbonyl (C=O) groups excluding carboxylic acids is 1. The van der Waals surface area contributed by atoms with E-state index in [4.69, 9.17) is 38.4 Å². The van der Waals surface area contributed by atoms with E-state index in [0.717, 1.165) is 0 Å². The molecule has 0 radical (unpaired) electrons. The topological polar surface area (TPSA) is 61.6 Å². The molecule has 0 fully saturated rings. The molecule has 0 aliphatic heterocycles. The molecule has 6 heteroatoms. The van der Waals surface area contributed by atoms with Crippen LogP contribution in [0.5, 0.6) is 5.75 Å². The summed E-state index contributed by atoms with van der Waals surface area (Å²) in [5.74, 6) is 0.0621. The summed E-state index contributed by atoms with van der Waals surface area (Å²) in [4.78, 5) is 11.8. The van der Waals surface area contributed by atoms with Gasteiger partial charge in [0.05, 0.1) is 21.3 Å². The number of nitrogen functional groups attached to an aromatic ring is 1. The van der Waals surface area contributed by atoms with Crippen LogP contribution in [-0.2, 0) is 4.74 Å². The van der Waals surface area contributed by atoms with Crippen molar-refractivity contribution in [3.8, 4) is 5.75 Å². The molecule has 2 aromatic carbocycles. The van der Waals surface area contributed by atoms with Gasteiger partial charge in [-0.25, -0.2) is 4.79 Å². The second-order valence-electron chi connectivity index (χ2n) is 4.15. The van der Waals surface area contributed by atoms with Crippen molar-refractivity contribution >= 4 is 34.9 Å². The van der Waals surface area contributed by atoms with Crippen molar-refractivity contribution in [2.45, 2.75) is 0 Å². The molecule has 0 aromatic heterocycles. The van der Waals surface area contributed by atoms with Crippen LogP contribution in [0, 0.1) is 0 Å². The Balaban J connectivity index is 1.82. The Morgan fingerprint density at radius 2 is 1.81 bits per heavy atom. The van der Waals surface area contributed by atoms with Crippen LogP contribution in [0.2, 0.25) is 10.0 Å². The molecule has 0 spiro atoms. The Bertz CT molecular complexity index is 647. The Hall–Kier alpha value is -1.91. The number of para-hydroxylation sites is 1. The number of ether oxygens (including phenoxy) is 2. The first kappa shape index (κ1) is 15.5. The molecule has 0 aliphatic carbocycles. The number of benzene rings is 2. The molecule has 0 bridgehead atoms. The molecule has 21 heavy (non-hydrogen) atoms. The van der Waals surface area contributed by atoms with Crippen molar-refractivity contribution in [3.63, 3.8) is 0 Å².